The topological polar surface area (TPSA) is 110 Å². The van der Waals surface area contributed by atoms with Crippen molar-refractivity contribution in [2.24, 2.45) is 5.16 Å². The first-order valence-electron chi connectivity index (χ1n) is 6.96. The zero-order valence-corrected chi connectivity index (χ0v) is 12.7. The second kappa shape index (κ2) is 8.24. The summed E-state index contributed by atoms with van der Waals surface area (Å²) in [5, 5.41) is 17.7. The molecular formula is C14H13F3N4O4. The van der Waals surface area contributed by atoms with Gasteiger partial charge in [0, 0.05) is 11.1 Å². The predicted octanol–water partition coefficient (Wildman–Crippen LogP) is 1.48. The number of nitrogens with zero attached hydrogens (tertiary/aromatic N) is 3. The van der Waals surface area contributed by atoms with E-state index in [-0.39, 0.29) is 36.7 Å². The monoisotopic (exact) mass is 358 g/mol. The highest BCUT2D eigenvalue weighted by molar-refractivity contribution is 5.95. The van der Waals surface area contributed by atoms with Gasteiger partial charge in [0.05, 0.1) is 19.4 Å². The number of carbonyl (C=O) groups is 1. The van der Waals surface area contributed by atoms with Crippen LogP contribution >= 0.6 is 0 Å². The maximum atomic E-state index is 12.4. The van der Waals surface area contributed by atoms with Crippen molar-refractivity contribution in [1.82, 2.24) is 15.5 Å². The van der Waals surface area contributed by atoms with Gasteiger partial charge in [-0.25, -0.2) is 0 Å². The molecule has 0 spiro atoms. The summed E-state index contributed by atoms with van der Waals surface area (Å²) >= 11 is 0. The molecule has 1 aromatic heterocycles. The first-order chi connectivity index (χ1) is 11.9. The number of amides is 1. The Hall–Kier alpha value is -2.95. The van der Waals surface area contributed by atoms with Crippen LogP contribution < -0.4 is 5.32 Å². The summed E-state index contributed by atoms with van der Waals surface area (Å²) in [5.41, 5.74) is 0.558. The number of oxime groups is 1. The van der Waals surface area contributed by atoms with Crippen LogP contribution in [0.5, 0.6) is 0 Å². The standard InChI is InChI=1S/C14H13F3N4O4/c15-14(16,17)13-20-11(21-25-13)9-1-3-10(4-2-9)12(23)18-5-6-19-24-8-7-22/h1-4,6,22H,5,7-8H2,(H,18,23). The number of rotatable bonds is 7. The predicted molar refractivity (Wildman–Crippen MR) is 78.6 cm³/mol. The number of hydrogen-bond donors (Lipinski definition) is 2. The molecule has 0 bridgehead atoms. The molecule has 0 radical (unpaired) electrons. The van der Waals surface area contributed by atoms with E-state index in [1.54, 1.807) is 0 Å². The number of carbonyl (C=O) groups excluding carboxylic acids is 1. The number of benzene rings is 1. The van der Waals surface area contributed by atoms with Crippen LogP contribution in [-0.4, -0.2) is 47.1 Å². The number of aliphatic hydroxyl groups is 1. The number of aromatic nitrogens is 2. The van der Waals surface area contributed by atoms with Crippen molar-refractivity contribution in [3.05, 3.63) is 35.7 Å². The molecule has 0 fully saturated rings. The summed E-state index contributed by atoms with van der Waals surface area (Å²) in [5.74, 6) is -2.08. The summed E-state index contributed by atoms with van der Waals surface area (Å²) in [7, 11) is 0. The molecule has 0 saturated carbocycles. The molecule has 0 aliphatic rings. The Morgan fingerprint density at radius 3 is 2.68 bits per heavy atom. The van der Waals surface area contributed by atoms with Gasteiger partial charge in [-0.05, 0) is 12.1 Å². The largest absolute Gasteiger partial charge is 0.471 e. The Morgan fingerprint density at radius 1 is 1.36 bits per heavy atom. The number of alkyl halides is 3. The second-order valence-corrected chi connectivity index (χ2v) is 4.55. The van der Waals surface area contributed by atoms with E-state index in [0.717, 1.165) is 0 Å². The first kappa shape index (κ1) is 18.4. The summed E-state index contributed by atoms with van der Waals surface area (Å²) in [6.07, 6.45) is -3.41. The molecule has 0 atom stereocenters. The summed E-state index contributed by atoms with van der Waals surface area (Å²) < 4.78 is 41.4. The van der Waals surface area contributed by atoms with E-state index in [4.69, 9.17) is 5.11 Å². The molecule has 11 heteroatoms. The van der Waals surface area contributed by atoms with Crippen LogP contribution in [0.15, 0.2) is 33.9 Å². The van der Waals surface area contributed by atoms with Crippen molar-refractivity contribution >= 4 is 12.1 Å². The number of nitrogens with one attached hydrogen (secondary N) is 1. The minimum absolute atomic E-state index is 0.0536. The van der Waals surface area contributed by atoms with E-state index < -0.39 is 18.0 Å². The highest BCUT2D eigenvalue weighted by atomic mass is 19.4. The van der Waals surface area contributed by atoms with E-state index in [1.807, 2.05) is 0 Å². The van der Waals surface area contributed by atoms with Gasteiger partial charge in [-0.2, -0.15) is 18.2 Å². The molecule has 0 aliphatic carbocycles. The highest BCUT2D eigenvalue weighted by Gasteiger charge is 2.38. The lowest BCUT2D eigenvalue weighted by atomic mass is 10.1. The lowest BCUT2D eigenvalue weighted by Crippen LogP contribution is -2.25. The van der Waals surface area contributed by atoms with E-state index in [9.17, 15) is 18.0 Å². The zero-order chi connectivity index (χ0) is 18.3. The Morgan fingerprint density at radius 2 is 2.08 bits per heavy atom. The van der Waals surface area contributed by atoms with Crippen LogP contribution in [-0.2, 0) is 11.0 Å². The third kappa shape index (κ3) is 5.28. The van der Waals surface area contributed by atoms with Gasteiger partial charge in [-0.3, -0.25) is 4.79 Å². The molecule has 25 heavy (non-hydrogen) atoms. The normalized spacial score (nSPS) is 11.7. The average molecular weight is 358 g/mol. The van der Waals surface area contributed by atoms with Gasteiger partial charge in [0.25, 0.3) is 5.91 Å². The molecule has 1 aromatic carbocycles. The maximum absolute atomic E-state index is 12.4. The van der Waals surface area contributed by atoms with Gasteiger partial charge in [0.15, 0.2) is 0 Å². The lowest BCUT2D eigenvalue weighted by molar-refractivity contribution is -0.159. The maximum Gasteiger partial charge on any atom is 0.471 e. The molecule has 1 heterocycles. The van der Waals surface area contributed by atoms with Gasteiger partial charge in [0.2, 0.25) is 5.82 Å². The van der Waals surface area contributed by atoms with Gasteiger partial charge in [-0.15, -0.1) is 0 Å². The SMILES string of the molecule is O=C(NCC=NOCCO)c1ccc(-c2noc(C(F)(F)F)n2)cc1. The van der Waals surface area contributed by atoms with Crippen LogP contribution in [0.25, 0.3) is 11.4 Å². The van der Waals surface area contributed by atoms with Crippen molar-refractivity contribution in [2.45, 2.75) is 6.18 Å². The quantitative estimate of drug-likeness (QED) is 0.441. The van der Waals surface area contributed by atoms with E-state index in [2.05, 4.69) is 30.0 Å². The van der Waals surface area contributed by atoms with E-state index in [1.165, 1.54) is 30.5 Å². The van der Waals surface area contributed by atoms with Crippen LogP contribution in [0.3, 0.4) is 0 Å². The summed E-state index contributed by atoms with van der Waals surface area (Å²) in [6.45, 7) is -0.00920. The molecule has 8 nitrogen and oxygen atoms in total. The van der Waals surface area contributed by atoms with Gasteiger partial charge >= 0.3 is 12.1 Å². The molecule has 0 unspecified atom stereocenters. The molecule has 2 N–H and O–H groups in total. The fraction of sp³-hybridized carbons (Fsp3) is 0.286. The molecule has 0 saturated heterocycles. The zero-order valence-electron chi connectivity index (χ0n) is 12.7. The molecule has 0 aliphatic heterocycles. The molecule has 2 rings (SSSR count). The third-order valence-electron chi connectivity index (χ3n) is 2.76. The van der Waals surface area contributed by atoms with Gasteiger partial charge in [0.1, 0.15) is 6.61 Å². The van der Waals surface area contributed by atoms with E-state index in [0.29, 0.717) is 0 Å². The summed E-state index contributed by atoms with van der Waals surface area (Å²) in [6, 6.07) is 5.62. The second-order valence-electron chi connectivity index (χ2n) is 4.55. The minimum atomic E-state index is -4.71. The third-order valence-corrected chi connectivity index (χ3v) is 2.76. The van der Waals surface area contributed by atoms with Crippen LogP contribution in [0.4, 0.5) is 13.2 Å². The Bertz CT molecular complexity index is 728. The molecule has 1 amide bonds. The molecular weight excluding hydrogens is 345 g/mol. The fourth-order valence-electron chi connectivity index (χ4n) is 1.65. The Labute approximate surface area is 139 Å². The van der Waals surface area contributed by atoms with Gasteiger partial charge in [-0.1, -0.05) is 22.4 Å². The van der Waals surface area contributed by atoms with Crippen molar-refractivity contribution in [3.8, 4) is 11.4 Å². The molecule has 2 aromatic rings. The van der Waals surface area contributed by atoms with Crippen LogP contribution in [0, 0.1) is 0 Å². The average Bonchev–Trinajstić information content (AvgIpc) is 3.08. The highest BCUT2D eigenvalue weighted by Crippen LogP contribution is 2.29. The minimum Gasteiger partial charge on any atom is -0.394 e. The lowest BCUT2D eigenvalue weighted by Gasteiger charge is -2.02. The Kier molecular flexibility index (Phi) is 6.06. The van der Waals surface area contributed by atoms with E-state index >= 15 is 0 Å². The van der Waals surface area contributed by atoms with Crippen molar-refractivity contribution < 1.29 is 32.4 Å². The van der Waals surface area contributed by atoms with Crippen molar-refractivity contribution in [2.75, 3.05) is 19.8 Å². The smallest absolute Gasteiger partial charge is 0.394 e. The van der Waals surface area contributed by atoms with Crippen molar-refractivity contribution in [1.29, 1.82) is 0 Å². The number of hydrogen-bond acceptors (Lipinski definition) is 7. The van der Waals surface area contributed by atoms with Crippen LogP contribution in [0.1, 0.15) is 16.2 Å². The van der Waals surface area contributed by atoms with Crippen molar-refractivity contribution in [3.63, 3.8) is 0 Å². The molecule has 134 valence electrons. The van der Waals surface area contributed by atoms with Crippen LogP contribution in [0.2, 0.25) is 0 Å². The first-order valence-corrected chi connectivity index (χ1v) is 6.96. The summed E-state index contributed by atoms with van der Waals surface area (Å²) in [4.78, 5) is 19.8. The fourth-order valence-corrected chi connectivity index (χ4v) is 1.65. The Balaban J connectivity index is 1.94. The number of aliphatic hydroxyl groups excluding tert-OH is 1. The number of halogens is 3. The van der Waals surface area contributed by atoms with Gasteiger partial charge < -0.3 is 19.8 Å².